The predicted octanol–water partition coefficient (Wildman–Crippen LogP) is 4.77. The van der Waals surface area contributed by atoms with Crippen molar-refractivity contribution >= 4 is 29.1 Å². The molecular formula is C18H16N2. The summed E-state index contributed by atoms with van der Waals surface area (Å²) < 4.78 is 0. The summed E-state index contributed by atoms with van der Waals surface area (Å²) in [7, 11) is 0. The minimum atomic E-state index is 0.968. The minimum Gasteiger partial charge on any atom is -0.277 e. The van der Waals surface area contributed by atoms with E-state index in [9.17, 15) is 0 Å². The number of hydrogen-bond acceptors (Lipinski definition) is 1. The Kier molecular flexibility index (Phi) is 3.46. The average Bonchev–Trinajstić information content (AvgIpc) is 2.89. The first-order chi connectivity index (χ1) is 9.86. The van der Waals surface area contributed by atoms with E-state index in [0.29, 0.717) is 0 Å². The summed E-state index contributed by atoms with van der Waals surface area (Å²) in [6, 6.07) is 16.6. The SMILES string of the molecule is C/C=C/c1ccc2[nH]nc(/C=C/c3ccccc3)c2c1. The normalized spacial score (nSPS) is 11.8. The molecule has 0 aliphatic heterocycles. The number of H-pyrrole nitrogens is 1. The van der Waals surface area contributed by atoms with Crippen molar-refractivity contribution in [1.29, 1.82) is 0 Å². The molecule has 0 radical (unpaired) electrons. The lowest BCUT2D eigenvalue weighted by molar-refractivity contribution is 1.11. The molecule has 2 aromatic carbocycles. The Bertz CT molecular complexity index is 764. The van der Waals surface area contributed by atoms with Crippen molar-refractivity contribution in [2.75, 3.05) is 0 Å². The highest BCUT2D eigenvalue weighted by Gasteiger charge is 2.02. The van der Waals surface area contributed by atoms with E-state index in [0.717, 1.165) is 16.6 Å². The maximum absolute atomic E-state index is 4.38. The van der Waals surface area contributed by atoms with Crippen LogP contribution in [0.15, 0.2) is 54.6 Å². The zero-order valence-corrected chi connectivity index (χ0v) is 11.4. The average molecular weight is 260 g/mol. The fourth-order valence-electron chi connectivity index (χ4n) is 2.21. The van der Waals surface area contributed by atoms with Gasteiger partial charge in [0, 0.05) is 5.39 Å². The molecule has 3 aromatic rings. The van der Waals surface area contributed by atoms with Gasteiger partial charge in [-0.2, -0.15) is 5.10 Å². The molecule has 1 aromatic heterocycles. The largest absolute Gasteiger partial charge is 0.277 e. The molecule has 0 atom stereocenters. The molecule has 2 nitrogen and oxygen atoms in total. The smallest absolute Gasteiger partial charge is 0.0927 e. The number of nitrogens with one attached hydrogen (secondary N) is 1. The minimum absolute atomic E-state index is 0.968. The molecule has 0 amide bonds. The van der Waals surface area contributed by atoms with Gasteiger partial charge < -0.3 is 0 Å². The van der Waals surface area contributed by atoms with Crippen LogP contribution < -0.4 is 0 Å². The summed E-state index contributed by atoms with van der Waals surface area (Å²) in [5.74, 6) is 0. The molecule has 0 saturated carbocycles. The molecule has 0 fully saturated rings. The summed E-state index contributed by atoms with van der Waals surface area (Å²) in [6.45, 7) is 2.02. The van der Waals surface area contributed by atoms with Gasteiger partial charge >= 0.3 is 0 Å². The predicted molar refractivity (Wildman–Crippen MR) is 86.2 cm³/mol. The van der Waals surface area contributed by atoms with Crippen LogP contribution in [0.3, 0.4) is 0 Å². The van der Waals surface area contributed by atoms with Crippen LogP contribution in [0.4, 0.5) is 0 Å². The standard InChI is InChI=1S/C18H16N2/c1-2-6-15-10-12-18-16(13-15)17(19-20-18)11-9-14-7-4-3-5-8-14/h2-13H,1H3,(H,19,20)/b6-2+,11-9+. The second-order valence-corrected chi connectivity index (χ2v) is 4.66. The zero-order valence-electron chi connectivity index (χ0n) is 11.4. The van der Waals surface area contributed by atoms with Gasteiger partial charge in [0.1, 0.15) is 0 Å². The third-order valence-electron chi connectivity index (χ3n) is 3.21. The molecule has 0 spiro atoms. The quantitative estimate of drug-likeness (QED) is 0.722. The number of benzene rings is 2. The fraction of sp³-hybridized carbons (Fsp3) is 0.0556. The van der Waals surface area contributed by atoms with Crippen molar-refractivity contribution in [2.24, 2.45) is 0 Å². The Balaban J connectivity index is 1.99. The topological polar surface area (TPSA) is 28.7 Å². The second-order valence-electron chi connectivity index (χ2n) is 4.66. The monoisotopic (exact) mass is 260 g/mol. The summed E-state index contributed by atoms with van der Waals surface area (Å²) >= 11 is 0. The van der Waals surface area contributed by atoms with E-state index < -0.39 is 0 Å². The zero-order chi connectivity index (χ0) is 13.8. The van der Waals surface area contributed by atoms with E-state index in [1.54, 1.807) is 0 Å². The lowest BCUT2D eigenvalue weighted by atomic mass is 10.1. The first-order valence-electron chi connectivity index (χ1n) is 6.71. The van der Waals surface area contributed by atoms with E-state index in [2.05, 4.69) is 52.7 Å². The van der Waals surface area contributed by atoms with Crippen molar-refractivity contribution < 1.29 is 0 Å². The van der Waals surface area contributed by atoms with Gasteiger partial charge in [0.15, 0.2) is 0 Å². The van der Waals surface area contributed by atoms with E-state index in [-0.39, 0.29) is 0 Å². The Morgan fingerprint density at radius 1 is 0.900 bits per heavy atom. The lowest BCUT2D eigenvalue weighted by Gasteiger charge is -1.95. The van der Waals surface area contributed by atoms with Gasteiger partial charge in [-0.05, 0) is 36.3 Å². The third-order valence-corrected chi connectivity index (χ3v) is 3.21. The molecule has 20 heavy (non-hydrogen) atoms. The Hall–Kier alpha value is -2.61. The van der Waals surface area contributed by atoms with E-state index in [1.807, 2.05) is 37.3 Å². The second kappa shape index (κ2) is 5.57. The molecule has 0 aliphatic carbocycles. The third kappa shape index (κ3) is 2.54. The molecule has 0 aliphatic rings. The van der Waals surface area contributed by atoms with E-state index >= 15 is 0 Å². The lowest BCUT2D eigenvalue weighted by Crippen LogP contribution is -1.75. The number of hydrogen-bond donors (Lipinski definition) is 1. The summed E-state index contributed by atoms with van der Waals surface area (Å²) in [6.07, 6.45) is 8.27. The molecule has 98 valence electrons. The number of aromatic amines is 1. The highest BCUT2D eigenvalue weighted by Crippen LogP contribution is 2.20. The van der Waals surface area contributed by atoms with Crippen LogP contribution in [0.5, 0.6) is 0 Å². The van der Waals surface area contributed by atoms with Crippen molar-refractivity contribution in [1.82, 2.24) is 10.2 Å². The van der Waals surface area contributed by atoms with Gasteiger partial charge in [-0.25, -0.2) is 0 Å². The van der Waals surface area contributed by atoms with E-state index in [1.165, 1.54) is 11.1 Å². The van der Waals surface area contributed by atoms with Gasteiger partial charge in [0.2, 0.25) is 0 Å². The van der Waals surface area contributed by atoms with Crippen LogP contribution in [0.1, 0.15) is 23.7 Å². The summed E-state index contributed by atoms with van der Waals surface area (Å²) in [5, 5.41) is 8.59. The number of aromatic nitrogens is 2. The molecule has 0 saturated heterocycles. The van der Waals surface area contributed by atoms with Crippen LogP contribution >= 0.6 is 0 Å². The van der Waals surface area contributed by atoms with Crippen molar-refractivity contribution in [2.45, 2.75) is 6.92 Å². The molecule has 2 heteroatoms. The maximum Gasteiger partial charge on any atom is 0.0927 e. The Morgan fingerprint density at radius 2 is 1.75 bits per heavy atom. The first-order valence-corrected chi connectivity index (χ1v) is 6.71. The van der Waals surface area contributed by atoms with Crippen molar-refractivity contribution in [3.05, 3.63) is 71.4 Å². The maximum atomic E-state index is 4.38. The molecule has 0 unspecified atom stereocenters. The molecule has 1 N–H and O–H groups in total. The first kappa shape index (κ1) is 12.4. The fourth-order valence-corrected chi connectivity index (χ4v) is 2.21. The van der Waals surface area contributed by atoms with Crippen LogP contribution in [0.2, 0.25) is 0 Å². The van der Waals surface area contributed by atoms with Crippen LogP contribution in [0, 0.1) is 0 Å². The van der Waals surface area contributed by atoms with E-state index in [4.69, 9.17) is 0 Å². The van der Waals surface area contributed by atoms with Crippen molar-refractivity contribution in [3.8, 4) is 0 Å². The highest BCUT2D eigenvalue weighted by molar-refractivity contribution is 5.90. The van der Waals surface area contributed by atoms with Crippen LogP contribution in [-0.2, 0) is 0 Å². The Morgan fingerprint density at radius 3 is 2.55 bits per heavy atom. The number of nitrogens with zero attached hydrogens (tertiary/aromatic N) is 1. The molecule has 0 bridgehead atoms. The van der Waals surface area contributed by atoms with Gasteiger partial charge in [-0.3, -0.25) is 5.10 Å². The molecule has 3 rings (SSSR count). The highest BCUT2D eigenvalue weighted by atomic mass is 15.1. The van der Waals surface area contributed by atoms with Gasteiger partial charge in [-0.1, -0.05) is 54.6 Å². The van der Waals surface area contributed by atoms with Gasteiger partial charge in [-0.15, -0.1) is 0 Å². The number of allylic oxidation sites excluding steroid dienone is 1. The molecule has 1 heterocycles. The van der Waals surface area contributed by atoms with Gasteiger partial charge in [0.25, 0.3) is 0 Å². The van der Waals surface area contributed by atoms with Crippen LogP contribution in [-0.4, -0.2) is 10.2 Å². The van der Waals surface area contributed by atoms with Crippen LogP contribution in [0.25, 0.3) is 29.1 Å². The number of fused-ring (bicyclic) bond motifs is 1. The van der Waals surface area contributed by atoms with Gasteiger partial charge in [0.05, 0.1) is 11.2 Å². The molecular weight excluding hydrogens is 244 g/mol. The number of rotatable bonds is 3. The van der Waals surface area contributed by atoms with Crippen molar-refractivity contribution in [3.63, 3.8) is 0 Å². The Labute approximate surface area is 118 Å². The summed E-state index contributed by atoms with van der Waals surface area (Å²) in [5.41, 5.74) is 4.39. The summed E-state index contributed by atoms with van der Waals surface area (Å²) in [4.78, 5) is 0.